The van der Waals surface area contributed by atoms with Gasteiger partial charge in [-0.3, -0.25) is 9.10 Å². The van der Waals surface area contributed by atoms with E-state index in [0.717, 1.165) is 28.7 Å². The molecule has 0 aliphatic rings. The first kappa shape index (κ1) is 23.7. The fraction of sp³-hybridized carbons (Fsp3) is 0.435. The van der Waals surface area contributed by atoms with Crippen molar-refractivity contribution in [3.63, 3.8) is 0 Å². The molecule has 0 heterocycles. The first-order valence-electron chi connectivity index (χ1n) is 10.1. The van der Waals surface area contributed by atoms with Crippen LogP contribution >= 0.6 is 0 Å². The van der Waals surface area contributed by atoms with Gasteiger partial charge in [0.05, 0.1) is 18.0 Å². The van der Waals surface area contributed by atoms with Crippen LogP contribution in [0.5, 0.6) is 5.75 Å². The van der Waals surface area contributed by atoms with E-state index >= 15 is 0 Å². The normalized spacial score (nSPS) is 12.5. The van der Waals surface area contributed by atoms with Gasteiger partial charge in [0.1, 0.15) is 11.8 Å². The number of carbonyl (C=O) groups is 1. The molecule has 0 aliphatic heterocycles. The average Bonchev–Trinajstić information content (AvgIpc) is 2.61. The quantitative estimate of drug-likeness (QED) is 0.651. The molecule has 1 N–H and O–H groups in total. The summed E-state index contributed by atoms with van der Waals surface area (Å²) >= 11 is 0. The van der Waals surface area contributed by atoms with E-state index in [4.69, 9.17) is 4.74 Å². The predicted octanol–water partition coefficient (Wildman–Crippen LogP) is 3.95. The summed E-state index contributed by atoms with van der Waals surface area (Å²) in [6, 6.07) is 12.2. The van der Waals surface area contributed by atoms with Gasteiger partial charge in [-0.25, -0.2) is 8.42 Å². The minimum absolute atomic E-state index is 0.0559. The van der Waals surface area contributed by atoms with E-state index in [2.05, 4.69) is 5.32 Å². The summed E-state index contributed by atoms with van der Waals surface area (Å²) in [6.45, 7) is 9.81. The van der Waals surface area contributed by atoms with Crippen molar-refractivity contribution in [2.75, 3.05) is 10.6 Å². The molecular formula is C23H32N2O4S. The smallest absolute Gasteiger partial charge is 0.244 e. The highest BCUT2D eigenvalue weighted by Crippen LogP contribution is 2.25. The Morgan fingerprint density at radius 1 is 1.10 bits per heavy atom. The van der Waals surface area contributed by atoms with E-state index < -0.39 is 16.1 Å². The zero-order valence-electron chi connectivity index (χ0n) is 18.6. The van der Waals surface area contributed by atoms with E-state index in [1.54, 1.807) is 12.1 Å². The van der Waals surface area contributed by atoms with Crippen LogP contribution < -0.4 is 14.4 Å². The number of nitrogens with zero attached hydrogens (tertiary/aromatic N) is 1. The Labute approximate surface area is 180 Å². The highest BCUT2D eigenvalue weighted by atomic mass is 32.2. The molecule has 2 aromatic carbocycles. The second kappa shape index (κ2) is 9.98. The van der Waals surface area contributed by atoms with Crippen molar-refractivity contribution in [1.29, 1.82) is 0 Å². The highest BCUT2D eigenvalue weighted by molar-refractivity contribution is 7.92. The molecule has 0 aromatic heterocycles. The molecule has 2 rings (SSSR count). The van der Waals surface area contributed by atoms with Gasteiger partial charge in [-0.05, 0) is 75.1 Å². The zero-order valence-corrected chi connectivity index (χ0v) is 19.4. The number of ether oxygens (including phenoxy) is 1. The highest BCUT2D eigenvalue weighted by Gasteiger charge is 2.31. The van der Waals surface area contributed by atoms with E-state index in [1.807, 2.05) is 65.0 Å². The number of hydrogen-bond donors (Lipinski definition) is 1. The van der Waals surface area contributed by atoms with Crippen LogP contribution in [0.1, 0.15) is 43.9 Å². The summed E-state index contributed by atoms with van der Waals surface area (Å²) in [7, 11) is -3.66. The Hall–Kier alpha value is -2.54. The number of amides is 1. The lowest BCUT2D eigenvalue weighted by Gasteiger charge is -2.30. The van der Waals surface area contributed by atoms with Crippen LogP contribution in [-0.4, -0.2) is 32.7 Å². The molecule has 0 bridgehead atoms. The number of benzene rings is 2. The molecule has 0 saturated heterocycles. The molecule has 0 radical (unpaired) electrons. The molecule has 7 heteroatoms. The molecule has 1 atom stereocenters. The number of carbonyl (C=O) groups excluding carboxylic acids is 1. The first-order chi connectivity index (χ1) is 14.0. The van der Waals surface area contributed by atoms with Crippen LogP contribution in [0.15, 0.2) is 42.5 Å². The Balaban J connectivity index is 2.24. The van der Waals surface area contributed by atoms with Gasteiger partial charge in [-0.1, -0.05) is 25.1 Å². The van der Waals surface area contributed by atoms with Gasteiger partial charge in [-0.15, -0.1) is 0 Å². The topological polar surface area (TPSA) is 75.7 Å². The molecule has 0 saturated carbocycles. The third kappa shape index (κ3) is 6.49. The van der Waals surface area contributed by atoms with E-state index in [9.17, 15) is 13.2 Å². The fourth-order valence-electron chi connectivity index (χ4n) is 3.45. The summed E-state index contributed by atoms with van der Waals surface area (Å²) in [5.74, 6) is 0.397. The molecule has 6 nitrogen and oxygen atoms in total. The van der Waals surface area contributed by atoms with E-state index in [1.165, 1.54) is 4.31 Å². The molecular weight excluding hydrogens is 400 g/mol. The van der Waals surface area contributed by atoms with Crippen molar-refractivity contribution in [1.82, 2.24) is 5.32 Å². The van der Waals surface area contributed by atoms with E-state index in [-0.39, 0.29) is 18.6 Å². The zero-order chi connectivity index (χ0) is 22.5. The SMILES string of the molecule is CCC(C(=O)NCc1cccc(OC(C)C)c1)N(c1cc(C)cc(C)c1)S(C)(=O)=O. The van der Waals surface area contributed by atoms with Crippen LogP contribution in [0.25, 0.3) is 0 Å². The summed E-state index contributed by atoms with van der Waals surface area (Å²) in [5, 5.41) is 2.88. The standard InChI is InChI=1S/C23H32N2O4S/c1-7-22(25(30(6,27)28)20-12-17(4)11-18(5)13-20)23(26)24-15-19-9-8-10-21(14-19)29-16(2)3/h8-14,16,22H,7,15H2,1-6H3,(H,24,26). The van der Waals surface area contributed by atoms with Gasteiger partial charge >= 0.3 is 0 Å². The minimum Gasteiger partial charge on any atom is -0.491 e. The Bertz CT molecular complexity index is 966. The second-order valence-corrected chi connectivity index (χ2v) is 9.72. The number of aryl methyl sites for hydroxylation is 2. The van der Waals surface area contributed by atoms with Gasteiger partial charge in [0.2, 0.25) is 15.9 Å². The number of sulfonamides is 1. The fourth-order valence-corrected chi connectivity index (χ4v) is 4.64. The van der Waals surface area contributed by atoms with Crippen molar-refractivity contribution in [2.24, 2.45) is 0 Å². The van der Waals surface area contributed by atoms with Crippen molar-refractivity contribution >= 4 is 21.6 Å². The molecule has 2 aromatic rings. The van der Waals surface area contributed by atoms with Gasteiger partial charge < -0.3 is 10.1 Å². The van der Waals surface area contributed by atoms with Crippen molar-refractivity contribution in [2.45, 2.75) is 59.7 Å². The molecule has 0 fully saturated rings. The van der Waals surface area contributed by atoms with Crippen LogP contribution in [0.2, 0.25) is 0 Å². The lowest BCUT2D eigenvalue weighted by molar-refractivity contribution is -0.122. The number of anilines is 1. The van der Waals surface area contributed by atoms with Gasteiger partial charge in [0.25, 0.3) is 0 Å². The Morgan fingerprint density at radius 3 is 2.27 bits per heavy atom. The van der Waals surface area contributed by atoms with Gasteiger partial charge in [0, 0.05) is 6.54 Å². The maximum Gasteiger partial charge on any atom is 0.244 e. The molecule has 1 unspecified atom stereocenters. The van der Waals surface area contributed by atoms with Crippen molar-refractivity contribution < 1.29 is 17.9 Å². The summed E-state index contributed by atoms with van der Waals surface area (Å²) < 4.78 is 32.1. The monoisotopic (exact) mass is 432 g/mol. The van der Waals surface area contributed by atoms with Crippen molar-refractivity contribution in [3.05, 3.63) is 59.2 Å². The molecule has 0 aliphatic carbocycles. The maximum absolute atomic E-state index is 13.0. The first-order valence-corrected chi connectivity index (χ1v) is 12.0. The Morgan fingerprint density at radius 2 is 1.73 bits per heavy atom. The third-order valence-electron chi connectivity index (χ3n) is 4.53. The summed E-state index contributed by atoms with van der Waals surface area (Å²) in [4.78, 5) is 13.0. The summed E-state index contributed by atoms with van der Waals surface area (Å²) in [6.07, 6.45) is 1.54. The summed E-state index contributed by atoms with van der Waals surface area (Å²) in [5.41, 5.74) is 3.27. The van der Waals surface area contributed by atoms with Crippen LogP contribution in [0.3, 0.4) is 0 Å². The molecule has 164 valence electrons. The molecule has 1 amide bonds. The maximum atomic E-state index is 13.0. The molecule has 0 spiro atoms. The number of hydrogen-bond acceptors (Lipinski definition) is 4. The van der Waals surface area contributed by atoms with Crippen molar-refractivity contribution in [3.8, 4) is 5.75 Å². The van der Waals surface area contributed by atoms with Gasteiger partial charge in [-0.2, -0.15) is 0 Å². The van der Waals surface area contributed by atoms with Crippen LogP contribution in [-0.2, 0) is 21.4 Å². The predicted molar refractivity (Wildman–Crippen MR) is 121 cm³/mol. The lowest BCUT2D eigenvalue weighted by atomic mass is 10.1. The van der Waals surface area contributed by atoms with Gasteiger partial charge in [0.15, 0.2) is 0 Å². The largest absolute Gasteiger partial charge is 0.491 e. The van der Waals surface area contributed by atoms with Crippen LogP contribution in [0.4, 0.5) is 5.69 Å². The Kier molecular flexibility index (Phi) is 7.89. The number of rotatable bonds is 9. The van der Waals surface area contributed by atoms with E-state index in [0.29, 0.717) is 12.1 Å². The third-order valence-corrected chi connectivity index (χ3v) is 5.71. The van der Waals surface area contributed by atoms with Crippen LogP contribution in [0, 0.1) is 13.8 Å². The number of nitrogens with one attached hydrogen (secondary N) is 1. The average molecular weight is 433 g/mol. The lowest BCUT2D eigenvalue weighted by Crippen LogP contribution is -2.49. The minimum atomic E-state index is -3.66. The molecule has 30 heavy (non-hydrogen) atoms. The second-order valence-electron chi connectivity index (χ2n) is 7.86.